The smallest absolute Gasteiger partial charge is 0.375 e. The third kappa shape index (κ3) is 4.08. The minimum absolute atomic E-state index is 0.0482. The molecule has 128 valence electrons. The first-order valence-electron chi connectivity index (χ1n) is 7.24. The normalized spacial score (nSPS) is 11.7. The van der Waals surface area contributed by atoms with Crippen molar-refractivity contribution in [2.45, 2.75) is 26.9 Å². The van der Waals surface area contributed by atoms with Crippen molar-refractivity contribution in [1.82, 2.24) is 0 Å². The highest BCUT2D eigenvalue weighted by molar-refractivity contribution is 6.31. The summed E-state index contributed by atoms with van der Waals surface area (Å²) < 4.78 is 15.5. The summed E-state index contributed by atoms with van der Waals surface area (Å²) >= 11 is 6.03. The molecule has 2 rings (SSSR count). The van der Waals surface area contributed by atoms with Crippen LogP contribution < -0.4 is 10.1 Å². The SMILES string of the molecule is COc1cc(Cl)c(C)cc1NC(=O)[C@@H](C)OC(=O)c1ccc(C)o1. The molecule has 0 radical (unpaired) electrons. The molecule has 0 aliphatic carbocycles. The summed E-state index contributed by atoms with van der Waals surface area (Å²) in [5.74, 6) is -0.150. The molecule has 0 aliphatic rings. The van der Waals surface area contributed by atoms with E-state index in [1.807, 2.05) is 0 Å². The Labute approximate surface area is 144 Å². The van der Waals surface area contributed by atoms with Gasteiger partial charge >= 0.3 is 5.97 Å². The van der Waals surface area contributed by atoms with Gasteiger partial charge in [0.05, 0.1) is 12.8 Å². The Balaban J connectivity index is 2.06. The van der Waals surface area contributed by atoms with Crippen molar-refractivity contribution in [3.63, 3.8) is 0 Å². The van der Waals surface area contributed by atoms with E-state index in [-0.39, 0.29) is 5.76 Å². The van der Waals surface area contributed by atoms with E-state index in [1.54, 1.807) is 32.0 Å². The molecule has 1 N–H and O–H groups in total. The van der Waals surface area contributed by atoms with Crippen molar-refractivity contribution in [2.75, 3.05) is 12.4 Å². The number of anilines is 1. The third-order valence-electron chi connectivity index (χ3n) is 3.33. The van der Waals surface area contributed by atoms with Gasteiger partial charge in [-0.05, 0) is 44.5 Å². The molecule has 7 heteroatoms. The second-order valence-electron chi connectivity index (χ2n) is 5.25. The minimum Gasteiger partial charge on any atom is -0.495 e. The van der Waals surface area contributed by atoms with E-state index in [4.69, 9.17) is 25.5 Å². The Hall–Kier alpha value is -2.47. The molecule has 1 aromatic carbocycles. The number of halogens is 1. The first kappa shape index (κ1) is 17.9. The van der Waals surface area contributed by atoms with Crippen LogP contribution in [0.3, 0.4) is 0 Å². The fourth-order valence-electron chi connectivity index (χ4n) is 1.98. The van der Waals surface area contributed by atoms with E-state index in [0.717, 1.165) is 5.56 Å². The zero-order valence-corrected chi connectivity index (χ0v) is 14.6. The number of hydrogen-bond donors (Lipinski definition) is 1. The van der Waals surface area contributed by atoms with Gasteiger partial charge in [-0.3, -0.25) is 4.79 Å². The van der Waals surface area contributed by atoms with Gasteiger partial charge in [-0.25, -0.2) is 4.79 Å². The van der Waals surface area contributed by atoms with Gasteiger partial charge in [-0.1, -0.05) is 11.6 Å². The van der Waals surface area contributed by atoms with Crippen LogP contribution in [0.1, 0.15) is 28.8 Å². The molecule has 0 aliphatic heterocycles. The van der Waals surface area contributed by atoms with Crippen LogP contribution >= 0.6 is 11.6 Å². The second kappa shape index (κ2) is 7.40. The Morgan fingerprint density at radius 3 is 2.54 bits per heavy atom. The van der Waals surface area contributed by atoms with E-state index in [2.05, 4.69) is 5.32 Å². The minimum atomic E-state index is -1.01. The summed E-state index contributed by atoms with van der Waals surface area (Å²) in [6.07, 6.45) is -1.01. The van der Waals surface area contributed by atoms with Gasteiger partial charge in [0.2, 0.25) is 5.76 Å². The predicted molar refractivity (Wildman–Crippen MR) is 89.7 cm³/mol. The fraction of sp³-hybridized carbons (Fsp3) is 0.294. The molecule has 0 saturated carbocycles. The number of esters is 1. The van der Waals surface area contributed by atoms with Crippen LogP contribution in [0.5, 0.6) is 5.75 Å². The van der Waals surface area contributed by atoms with Crippen molar-refractivity contribution in [3.8, 4) is 5.75 Å². The molecule has 0 spiro atoms. The third-order valence-corrected chi connectivity index (χ3v) is 3.74. The number of benzene rings is 1. The van der Waals surface area contributed by atoms with Crippen LogP contribution in [0.15, 0.2) is 28.7 Å². The van der Waals surface area contributed by atoms with Crippen molar-refractivity contribution in [1.29, 1.82) is 0 Å². The standard InChI is InChI=1S/C17H18ClNO5/c1-9-7-13(15(22-4)8-12(9)18)19-16(20)11(3)24-17(21)14-6-5-10(2)23-14/h5-8,11H,1-4H3,(H,19,20)/t11-/m1/s1. The molecule has 1 aromatic heterocycles. The van der Waals surface area contributed by atoms with Gasteiger partial charge < -0.3 is 19.2 Å². The number of hydrogen-bond acceptors (Lipinski definition) is 5. The van der Waals surface area contributed by atoms with Crippen LogP contribution in [0.25, 0.3) is 0 Å². The Morgan fingerprint density at radius 2 is 1.96 bits per heavy atom. The zero-order valence-electron chi connectivity index (χ0n) is 13.8. The van der Waals surface area contributed by atoms with E-state index in [0.29, 0.717) is 22.2 Å². The number of ether oxygens (including phenoxy) is 2. The molecule has 2 aromatic rings. The lowest BCUT2D eigenvalue weighted by Gasteiger charge is -2.15. The summed E-state index contributed by atoms with van der Waals surface area (Å²) in [6, 6.07) is 6.43. The van der Waals surface area contributed by atoms with Crippen LogP contribution in [0.2, 0.25) is 5.02 Å². The zero-order chi connectivity index (χ0) is 17.9. The number of amides is 1. The predicted octanol–water partition coefficient (Wildman–Crippen LogP) is 3.74. The molecule has 24 heavy (non-hydrogen) atoms. The number of nitrogens with one attached hydrogen (secondary N) is 1. The summed E-state index contributed by atoms with van der Waals surface area (Å²) in [6.45, 7) is 4.99. The van der Waals surface area contributed by atoms with Crippen molar-refractivity contribution < 1.29 is 23.5 Å². The first-order valence-corrected chi connectivity index (χ1v) is 7.62. The van der Waals surface area contributed by atoms with Crippen molar-refractivity contribution >= 4 is 29.2 Å². The molecule has 0 bridgehead atoms. The number of rotatable bonds is 5. The van der Waals surface area contributed by atoms with Gasteiger partial charge in [0.15, 0.2) is 6.10 Å². The van der Waals surface area contributed by atoms with Crippen molar-refractivity contribution in [3.05, 3.63) is 46.4 Å². The van der Waals surface area contributed by atoms with Gasteiger partial charge in [0.25, 0.3) is 5.91 Å². The average molecular weight is 352 g/mol. The maximum atomic E-state index is 12.2. The highest BCUT2D eigenvalue weighted by Gasteiger charge is 2.22. The van der Waals surface area contributed by atoms with Crippen molar-refractivity contribution in [2.24, 2.45) is 0 Å². The summed E-state index contributed by atoms with van der Waals surface area (Å²) in [4.78, 5) is 24.2. The quantitative estimate of drug-likeness (QED) is 0.830. The highest BCUT2D eigenvalue weighted by atomic mass is 35.5. The van der Waals surface area contributed by atoms with E-state index < -0.39 is 18.0 Å². The van der Waals surface area contributed by atoms with Crippen LogP contribution in [-0.2, 0) is 9.53 Å². The molecule has 1 amide bonds. The van der Waals surface area contributed by atoms with Crippen LogP contribution in [0, 0.1) is 13.8 Å². The number of aryl methyl sites for hydroxylation is 2. The van der Waals surface area contributed by atoms with Gasteiger partial charge in [-0.2, -0.15) is 0 Å². The molecule has 1 heterocycles. The summed E-state index contributed by atoms with van der Waals surface area (Å²) in [5.41, 5.74) is 1.23. The van der Waals surface area contributed by atoms with Crippen LogP contribution in [-0.4, -0.2) is 25.1 Å². The average Bonchev–Trinajstić information content (AvgIpc) is 2.97. The molecular weight excluding hydrogens is 334 g/mol. The molecule has 0 fully saturated rings. The molecule has 1 atom stereocenters. The monoisotopic (exact) mass is 351 g/mol. The Kier molecular flexibility index (Phi) is 5.51. The summed E-state index contributed by atoms with van der Waals surface area (Å²) in [7, 11) is 1.47. The lowest BCUT2D eigenvalue weighted by atomic mass is 10.2. The number of methoxy groups -OCH3 is 1. The van der Waals surface area contributed by atoms with E-state index in [1.165, 1.54) is 20.1 Å². The molecule has 0 unspecified atom stereocenters. The largest absolute Gasteiger partial charge is 0.495 e. The molecule has 0 saturated heterocycles. The van der Waals surface area contributed by atoms with E-state index in [9.17, 15) is 9.59 Å². The highest BCUT2D eigenvalue weighted by Crippen LogP contribution is 2.31. The first-order chi connectivity index (χ1) is 11.3. The Bertz CT molecular complexity index is 768. The number of carbonyl (C=O) groups is 2. The van der Waals surface area contributed by atoms with E-state index >= 15 is 0 Å². The summed E-state index contributed by atoms with van der Waals surface area (Å²) in [5, 5.41) is 3.19. The maximum Gasteiger partial charge on any atom is 0.375 e. The fourth-order valence-corrected chi connectivity index (χ4v) is 2.13. The molecular formula is C17H18ClNO5. The van der Waals surface area contributed by atoms with Crippen LogP contribution in [0.4, 0.5) is 5.69 Å². The van der Waals surface area contributed by atoms with Gasteiger partial charge in [0.1, 0.15) is 11.5 Å². The Morgan fingerprint density at radius 1 is 1.25 bits per heavy atom. The van der Waals surface area contributed by atoms with Gasteiger partial charge in [-0.15, -0.1) is 0 Å². The number of carbonyl (C=O) groups excluding carboxylic acids is 2. The maximum absolute atomic E-state index is 12.2. The second-order valence-corrected chi connectivity index (χ2v) is 5.66. The number of furan rings is 1. The topological polar surface area (TPSA) is 77.8 Å². The van der Waals surface area contributed by atoms with Gasteiger partial charge in [0, 0.05) is 11.1 Å². The lowest BCUT2D eigenvalue weighted by molar-refractivity contribution is -0.123. The molecule has 6 nitrogen and oxygen atoms in total. The lowest BCUT2D eigenvalue weighted by Crippen LogP contribution is -2.30.